The molecule has 0 spiro atoms. The van der Waals surface area contributed by atoms with Crippen LogP contribution in [0.15, 0.2) is 45.6 Å². The molecule has 4 aromatic rings. The number of fused-ring (bicyclic) bond motifs is 2. The molecular weight excluding hydrogens is 442 g/mol. The highest BCUT2D eigenvalue weighted by Gasteiger charge is 2.45. The van der Waals surface area contributed by atoms with Crippen molar-refractivity contribution in [1.82, 2.24) is 10.2 Å². The van der Waals surface area contributed by atoms with Crippen molar-refractivity contribution in [2.45, 2.75) is 32.7 Å². The van der Waals surface area contributed by atoms with Gasteiger partial charge in [0, 0.05) is 6.42 Å². The van der Waals surface area contributed by atoms with Crippen molar-refractivity contribution < 1.29 is 19.1 Å². The molecule has 1 atom stereocenters. The van der Waals surface area contributed by atoms with Gasteiger partial charge in [0.1, 0.15) is 10.6 Å². The second kappa shape index (κ2) is 8.00. The van der Waals surface area contributed by atoms with Crippen LogP contribution < -0.4 is 15.1 Å². The van der Waals surface area contributed by atoms with Crippen molar-refractivity contribution in [3.63, 3.8) is 0 Å². The quantitative estimate of drug-likeness (QED) is 0.468. The fourth-order valence-corrected chi connectivity index (χ4v) is 5.09. The summed E-state index contributed by atoms with van der Waals surface area (Å²) in [6, 6.07) is 9.24. The van der Waals surface area contributed by atoms with Gasteiger partial charge in [-0.2, -0.15) is 0 Å². The topological polar surface area (TPSA) is 106 Å². The smallest absolute Gasteiger partial charge is 0.297 e. The number of methoxy groups -OCH3 is 1. The molecule has 3 heterocycles. The molecule has 0 bridgehead atoms. The molecular formula is C24H21N3O5S. The van der Waals surface area contributed by atoms with Gasteiger partial charge in [0.05, 0.1) is 24.1 Å². The molecule has 8 nitrogen and oxygen atoms in total. The molecule has 1 aliphatic rings. The fourth-order valence-electron chi connectivity index (χ4n) is 4.12. The van der Waals surface area contributed by atoms with Crippen molar-refractivity contribution in [1.29, 1.82) is 0 Å². The Morgan fingerprint density at radius 3 is 2.76 bits per heavy atom. The first kappa shape index (κ1) is 21.1. The average molecular weight is 464 g/mol. The van der Waals surface area contributed by atoms with E-state index in [-0.39, 0.29) is 28.3 Å². The predicted molar refractivity (Wildman–Crippen MR) is 124 cm³/mol. The Kier molecular flexibility index (Phi) is 5.13. The second-order valence-electron chi connectivity index (χ2n) is 7.91. The maximum atomic E-state index is 13.7. The number of aromatic hydroxyl groups is 1. The van der Waals surface area contributed by atoms with Gasteiger partial charge in [0.15, 0.2) is 16.9 Å². The minimum Gasteiger partial charge on any atom is -0.504 e. The van der Waals surface area contributed by atoms with Crippen LogP contribution in [-0.2, 0) is 6.42 Å². The van der Waals surface area contributed by atoms with Crippen LogP contribution in [0.1, 0.15) is 51.6 Å². The highest BCUT2D eigenvalue weighted by Crippen LogP contribution is 2.43. The predicted octanol–water partition coefficient (Wildman–Crippen LogP) is 4.37. The Labute approximate surface area is 193 Å². The van der Waals surface area contributed by atoms with Crippen LogP contribution in [0.3, 0.4) is 0 Å². The van der Waals surface area contributed by atoms with Crippen molar-refractivity contribution in [2.75, 3.05) is 12.0 Å². The summed E-state index contributed by atoms with van der Waals surface area (Å²) in [6.45, 7) is 3.93. The molecule has 168 valence electrons. The summed E-state index contributed by atoms with van der Waals surface area (Å²) in [5, 5.41) is 20.1. The van der Waals surface area contributed by atoms with E-state index >= 15 is 0 Å². The monoisotopic (exact) mass is 463 g/mol. The van der Waals surface area contributed by atoms with Crippen molar-refractivity contribution in [3.8, 4) is 11.5 Å². The van der Waals surface area contributed by atoms with E-state index in [0.29, 0.717) is 21.7 Å². The third-order valence-electron chi connectivity index (χ3n) is 5.67. The molecule has 0 fully saturated rings. The van der Waals surface area contributed by atoms with Crippen molar-refractivity contribution in [2.24, 2.45) is 0 Å². The van der Waals surface area contributed by atoms with Gasteiger partial charge in [-0.15, -0.1) is 10.2 Å². The summed E-state index contributed by atoms with van der Waals surface area (Å²) >= 11 is 1.31. The summed E-state index contributed by atoms with van der Waals surface area (Å²) in [4.78, 5) is 28.7. The zero-order valence-corrected chi connectivity index (χ0v) is 19.1. The molecule has 0 saturated carbocycles. The van der Waals surface area contributed by atoms with Gasteiger partial charge in [0.25, 0.3) is 5.91 Å². The molecule has 2 aromatic carbocycles. The number of carbonyl (C=O) groups excluding carboxylic acids is 1. The summed E-state index contributed by atoms with van der Waals surface area (Å²) in [5.74, 6) is -0.278. The van der Waals surface area contributed by atoms with Crippen LogP contribution in [0.25, 0.3) is 11.0 Å². The van der Waals surface area contributed by atoms with E-state index in [4.69, 9.17) is 9.15 Å². The minimum atomic E-state index is -0.800. The Balaban J connectivity index is 1.78. The molecule has 1 amide bonds. The molecule has 2 aromatic heterocycles. The van der Waals surface area contributed by atoms with Gasteiger partial charge in [0.2, 0.25) is 10.9 Å². The molecule has 1 N–H and O–H groups in total. The highest BCUT2D eigenvalue weighted by atomic mass is 32.1. The van der Waals surface area contributed by atoms with E-state index in [0.717, 1.165) is 23.4 Å². The van der Waals surface area contributed by atoms with Gasteiger partial charge in [-0.05, 0) is 43.2 Å². The van der Waals surface area contributed by atoms with Gasteiger partial charge in [-0.25, -0.2) is 0 Å². The van der Waals surface area contributed by atoms with Crippen LogP contribution in [0.2, 0.25) is 0 Å². The Hall–Kier alpha value is -3.72. The van der Waals surface area contributed by atoms with Gasteiger partial charge in [-0.3, -0.25) is 14.5 Å². The lowest BCUT2D eigenvalue weighted by atomic mass is 9.98. The maximum absolute atomic E-state index is 13.7. The summed E-state index contributed by atoms with van der Waals surface area (Å²) < 4.78 is 11.2. The molecule has 0 unspecified atom stereocenters. The number of amides is 1. The van der Waals surface area contributed by atoms with E-state index in [1.165, 1.54) is 29.4 Å². The first-order valence-electron chi connectivity index (χ1n) is 10.5. The number of hydrogen-bond acceptors (Lipinski definition) is 8. The number of benzene rings is 2. The molecule has 33 heavy (non-hydrogen) atoms. The van der Waals surface area contributed by atoms with Crippen LogP contribution in [0.5, 0.6) is 11.5 Å². The van der Waals surface area contributed by atoms with E-state index in [1.54, 1.807) is 24.3 Å². The Morgan fingerprint density at radius 2 is 2.00 bits per heavy atom. The molecule has 5 rings (SSSR count). The third kappa shape index (κ3) is 3.36. The van der Waals surface area contributed by atoms with E-state index < -0.39 is 11.9 Å². The number of aryl methyl sites for hydroxylation is 2. The van der Waals surface area contributed by atoms with Crippen LogP contribution in [0.4, 0.5) is 5.13 Å². The number of carbonyl (C=O) groups is 1. The van der Waals surface area contributed by atoms with E-state index in [1.807, 2.05) is 19.9 Å². The first-order valence-corrected chi connectivity index (χ1v) is 11.3. The lowest BCUT2D eigenvalue weighted by Gasteiger charge is -2.22. The van der Waals surface area contributed by atoms with Crippen molar-refractivity contribution in [3.05, 3.63) is 74.1 Å². The largest absolute Gasteiger partial charge is 0.504 e. The van der Waals surface area contributed by atoms with E-state index in [9.17, 15) is 14.7 Å². The number of nitrogens with zero attached hydrogens (tertiary/aromatic N) is 3. The number of anilines is 1. The number of phenolic OH excluding ortho intramolecular Hbond substituents is 1. The van der Waals surface area contributed by atoms with Crippen molar-refractivity contribution >= 4 is 33.3 Å². The highest BCUT2D eigenvalue weighted by molar-refractivity contribution is 7.15. The fraction of sp³-hybridized carbons (Fsp3) is 0.250. The lowest BCUT2D eigenvalue weighted by molar-refractivity contribution is 0.0970. The number of ether oxygens (including phenoxy) is 1. The number of hydrogen-bond donors (Lipinski definition) is 1. The van der Waals surface area contributed by atoms with Crippen LogP contribution in [0, 0.1) is 6.92 Å². The zero-order valence-electron chi connectivity index (χ0n) is 18.3. The first-order chi connectivity index (χ1) is 15.9. The standard InChI is InChI=1S/C24H21N3O5S/c1-4-5-18-25-26-24(33-18)27-20(13-7-8-15(28)17(11-13)31-3)19-21(29)14-10-12(2)6-9-16(14)32-22(19)23(27)30/h6-11,20,28H,4-5H2,1-3H3/t20-/m1/s1. The van der Waals surface area contributed by atoms with Gasteiger partial charge < -0.3 is 14.3 Å². The maximum Gasteiger partial charge on any atom is 0.297 e. The van der Waals surface area contributed by atoms with E-state index in [2.05, 4.69) is 10.2 Å². The molecule has 0 aliphatic carbocycles. The van der Waals surface area contributed by atoms with Crippen LogP contribution in [-0.4, -0.2) is 28.3 Å². The molecule has 1 aliphatic heterocycles. The molecule has 0 saturated heterocycles. The molecule has 9 heteroatoms. The number of phenols is 1. The summed E-state index contributed by atoms with van der Waals surface area (Å²) in [6.07, 6.45) is 1.64. The summed E-state index contributed by atoms with van der Waals surface area (Å²) in [7, 11) is 1.44. The zero-order chi connectivity index (χ0) is 23.3. The third-order valence-corrected chi connectivity index (χ3v) is 6.65. The average Bonchev–Trinajstić information content (AvgIpc) is 3.37. The summed E-state index contributed by atoms with van der Waals surface area (Å²) in [5.41, 5.74) is 1.81. The normalized spacial score (nSPS) is 15.3. The Bertz CT molecular complexity index is 1460. The van der Waals surface area contributed by atoms with Gasteiger partial charge >= 0.3 is 0 Å². The number of rotatable bonds is 5. The van der Waals surface area contributed by atoms with Gasteiger partial charge in [-0.1, -0.05) is 36.0 Å². The SMILES string of the molecule is CCCc1nnc(N2C(=O)c3oc4ccc(C)cc4c(=O)c3[C@H]2c2ccc(O)c(OC)c2)s1. The number of aromatic nitrogens is 2. The molecule has 0 radical (unpaired) electrons. The van der Waals surface area contributed by atoms with Crippen LogP contribution >= 0.6 is 11.3 Å². The Morgan fingerprint density at radius 1 is 1.18 bits per heavy atom. The minimum absolute atomic E-state index is 0.0133. The lowest BCUT2D eigenvalue weighted by Crippen LogP contribution is -2.29. The second-order valence-corrected chi connectivity index (χ2v) is 8.95.